The van der Waals surface area contributed by atoms with Gasteiger partial charge in [-0.05, 0) is 38.2 Å². The van der Waals surface area contributed by atoms with E-state index in [9.17, 15) is 27.6 Å². The van der Waals surface area contributed by atoms with Gasteiger partial charge in [-0.3, -0.25) is 9.59 Å². The van der Waals surface area contributed by atoms with Crippen LogP contribution in [0, 0.1) is 17.8 Å². The van der Waals surface area contributed by atoms with Gasteiger partial charge in [0.25, 0.3) is 0 Å². The van der Waals surface area contributed by atoms with Crippen LogP contribution in [-0.4, -0.2) is 48.3 Å². The van der Waals surface area contributed by atoms with E-state index in [4.69, 9.17) is 9.47 Å². The Kier molecular flexibility index (Phi) is 11.9. The highest BCUT2D eigenvalue weighted by Crippen LogP contribution is 2.27. The number of alkyl halides is 3. The van der Waals surface area contributed by atoms with E-state index in [1.807, 2.05) is 0 Å². The number of amides is 1. The Labute approximate surface area is 211 Å². The highest BCUT2D eigenvalue weighted by atomic mass is 19.4. The van der Waals surface area contributed by atoms with Gasteiger partial charge in [0, 0.05) is 6.54 Å². The van der Waals surface area contributed by atoms with E-state index < -0.39 is 60.1 Å². The van der Waals surface area contributed by atoms with Gasteiger partial charge in [0.1, 0.15) is 30.2 Å². The molecule has 10 heteroatoms. The van der Waals surface area contributed by atoms with Gasteiger partial charge in [-0.15, -0.1) is 0 Å². The van der Waals surface area contributed by atoms with E-state index in [1.165, 1.54) is 0 Å². The lowest BCUT2D eigenvalue weighted by Gasteiger charge is -2.30. The summed E-state index contributed by atoms with van der Waals surface area (Å²) >= 11 is 0. The number of halogens is 3. The van der Waals surface area contributed by atoms with E-state index in [1.54, 1.807) is 78.8 Å². The number of hydrogen-bond acceptors (Lipinski definition) is 6. The molecule has 0 bridgehead atoms. The minimum atomic E-state index is -4.92. The second kappa shape index (κ2) is 13.6. The summed E-state index contributed by atoms with van der Waals surface area (Å²) in [4.78, 5) is 37.9. The molecule has 0 spiro atoms. The third-order valence-electron chi connectivity index (χ3n) is 5.57. The average Bonchev–Trinajstić information content (AvgIpc) is 2.76. The summed E-state index contributed by atoms with van der Waals surface area (Å²) in [5.41, 5.74) is -0.120. The zero-order valence-electron chi connectivity index (χ0n) is 22.1. The number of benzene rings is 1. The van der Waals surface area contributed by atoms with Crippen LogP contribution in [0.5, 0.6) is 0 Å². The first-order valence-corrected chi connectivity index (χ1v) is 12.1. The summed E-state index contributed by atoms with van der Waals surface area (Å²) in [5, 5.41) is 4.79. The molecule has 1 rings (SSSR count). The van der Waals surface area contributed by atoms with E-state index in [0.29, 0.717) is 12.0 Å². The van der Waals surface area contributed by atoms with Crippen molar-refractivity contribution in [3.63, 3.8) is 0 Å². The van der Waals surface area contributed by atoms with Gasteiger partial charge in [0.15, 0.2) is 0 Å². The predicted octanol–water partition coefficient (Wildman–Crippen LogP) is 4.40. The van der Waals surface area contributed by atoms with Crippen LogP contribution in [0.25, 0.3) is 0 Å². The zero-order valence-corrected chi connectivity index (χ0v) is 22.1. The third kappa shape index (κ3) is 10.6. The van der Waals surface area contributed by atoms with Crippen LogP contribution in [-0.2, 0) is 30.5 Å². The molecule has 0 aliphatic rings. The average molecular weight is 517 g/mol. The number of esters is 2. The molecular weight excluding hydrogens is 477 g/mol. The predicted molar refractivity (Wildman–Crippen MR) is 130 cm³/mol. The molecule has 204 valence electrons. The van der Waals surface area contributed by atoms with Crippen molar-refractivity contribution in [3.05, 3.63) is 35.9 Å². The molecule has 2 N–H and O–H groups in total. The maximum atomic E-state index is 13.9. The highest BCUT2D eigenvalue weighted by molar-refractivity contribution is 5.86. The lowest BCUT2D eigenvalue weighted by molar-refractivity contribution is -0.185. The summed E-state index contributed by atoms with van der Waals surface area (Å²) in [6, 6.07) is 6.47. The number of carbonyl (C=O) groups is 3. The van der Waals surface area contributed by atoms with Crippen molar-refractivity contribution in [1.82, 2.24) is 10.6 Å². The van der Waals surface area contributed by atoms with Crippen molar-refractivity contribution in [2.75, 3.05) is 6.54 Å². The second-order valence-corrected chi connectivity index (χ2v) is 10.2. The molecular formula is C26H39F3N2O5. The fourth-order valence-electron chi connectivity index (χ4n) is 3.29. The maximum Gasteiger partial charge on any atom is 0.401 e. The van der Waals surface area contributed by atoms with Crippen molar-refractivity contribution in [2.45, 2.75) is 85.4 Å². The van der Waals surface area contributed by atoms with Gasteiger partial charge in [-0.2, -0.15) is 13.2 Å². The SMILES string of the molecule is CCC(C)[C@H](NC[C@H](C(=O)N[C@H](C(=O)OCc1ccccc1)C(C)C)C(F)(F)F)C(=O)OC(C)(C)C. The van der Waals surface area contributed by atoms with Crippen LogP contribution in [0.15, 0.2) is 30.3 Å². The molecule has 1 aromatic rings. The summed E-state index contributed by atoms with van der Waals surface area (Å²) in [6.07, 6.45) is -4.41. The quantitative estimate of drug-likeness (QED) is 0.400. The third-order valence-corrected chi connectivity index (χ3v) is 5.57. The van der Waals surface area contributed by atoms with Gasteiger partial charge < -0.3 is 20.1 Å². The van der Waals surface area contributed by atoms with E-state index in [0.717, 1.165) is 0 Å². The Balaban J connectivity index is 2.96. The molecule has 0 radical (unpaired) electrons. The van der Waals surface area contributed by atoms with Gasteiger partial charge >= 0.3 is 18.1 Å². The largest absolute Gasteiger partial charge is 0.459 e. The summed E-state index contributed by atoms with van der Waals surface area (Å²) in [5.74, 6) is -6.25. The molecule has 0 saturated heterocycles. The van der Waals surface area contributed by atoms with Gasteiger partial charge in [0.05, 0.1) is 0 Å². The smallest absolute Gasteiger partial charge is 0.401 e. The standard InChI is InChI=1S/C26H39F3N2O5/c1-8-17(4)21(24(34)36-25(5,6)7)30-14-19(26(27,28)29)22(32)31-20(16(2)3)23(33)35-15-18-12-10-9-11-13-18/h9-13,16-17,19-21,30H,8,14-15H2,1-7H3,(H,31,32)/t17?,19-,20+,21+/m1/s1. The lowest BCUT2D eigenvalue weighted by atomic mass is 9.97. The maximum absolute atomic E-state index is 13.9. The lowest BCUT2D eigenvalue weighted by Crippen LogP contribution is -2.54. The molecule has 1 unspecified atom stereocenters. The Bertz CT molecular complexity index is 853. The van der Waals surface area contributed by atoms with Crippen LogP contribution in [0.2, 0.25) is 0 Å². The van der Waals surface area contributed by atoms with Crippen LogP contribution in [0.1, 0.15) is 60.5 Å². The number of ether oxygens (including phenoxy) is 2. The Hall–Kier alpha value is -2.62. The van der Waals surface area contributed by atoms with Crippen molar-refractivity contribution in [3.8, 4) is 0 Å². The minimum absolute atomic E-state index is 0.0739. The number of rotatable bonds is 12. The summed E-state index contributed by atoms with van der Waals surface area (Å²) < 4.78 is 52.2. The van der Waals surface area contributed by atoms with E-state index in [-0.39, 0.29) is 12.5 Å². The number of hydrogen-bond donors (Lipinski definition) is 2. The van der Waals surface area contributed by atoms with Gasteiger partial charge in [-0.1, -0.05) is 64.4 Å². The Morgan fingerprint density at radius 2 is 1.53 bits per heavy atom. The monoisotopic (exact) mass is 516 g/mol. The molecule has 1 aromatic carbocycles. The van der Waals surface area contributed by atoms with E-state index >= 15 is 0 Å². The first-order valence-electron chi connectivity index (χ1n) is 12.1. The first kappa shape index (κ1) is 31.4. The molecule has 0 aliphatic heterocycles. The fourth-order valence-corrected chi connectivity index (χ4v) is 3.29. The molecule has 0 saturated carbocycles. The first-order chi connectivity index (χ1) is 16.6. The van der Waals surface area contributed by atoms with Gasteiger partial charge in [0.2, 0.25) is 5.91 Å². The molecule has 0 heterocycles. The molecule has 0 aliphatic carbocycles. The van der Waals surface area contributed by atoms with Crippen LogP contribution in [0.3, 0.4) is 0 Å². The normalized spacial score (nSPS) is 15.5. The minimum Gasteiger partial charge on any atom is -0.459 e. The number of nitrogens with one attached hydrogen (secondary N) is 2. The van der Waals surface area contributed by atoms with Crippen molar-refractivity contribution in [2.24, 2.45) is 17.8 Å². The second-order valence-electron chi connectivity index (χ2n) is 10.2. The van der Waals surface area contributed by atoms with Crippen LogP contribution in [0.4, 0.5) is 13.2 Å². The molecule has 1 amide bonds. The Morgan fingerprint density at radius 1 is 0.944 bits per heavy atom. The Morgan fingerprint density at radius 3 is 2.00 bits per heavy atom. The molecule has 36 heavy (non-hydrogen) atoms. The van der Waals surface area contributed by atoms with Gasteiger partial charge in [-0.25, -0.2) is 4.79 Å². The summed E-state index contributed by atoms with van der Waals surface area (Å²) in [7, 11) is 0. The highest BCUT2D eigenvalue weighted by Gasteiger charge is 2.46. The molecule has 7 nitrogen and oxygen atoms in total. The van der Waals surface area contributed by atoms with Crippen molar-refractivity contribution in [1.29, 1.82) is 0 Å². The molecule has 0 aromatic heterocycles. The summed E-state index contributed by atoms with van der Waals surface area (Å²) in [6.45, 7) is 10.7. The van der Waals surface area contributed by atoms with Crippen molar-refractivity contribution >= 4 is 17.8 Å². The van der Waals surface area contributed by atoms with Crippen LogP contribution >= 0.6 is 0 Å². The van der Waals surface area contributed by atoms with Crippen molar-refractivity contribution < 1.29 is 37.0 Å². The number of carbonyl (C=O) groups excluding carboxylic acids is 3. The van der Waals surface area contributed by atoms with E-state index in [2.05, 4.69) is 10.6 Å². The van der Waals surface area contributed by atoms with Crippen LogP contribution < -0.4 is 10.6 Å². The molecule has 0 fully saturated rings. The molecule has 4 atom stereocenters. The zero-order chi connectivity index (χ0) is 27.7. The fraction of sp³-hybridized carbons (Fsp3) is 0.654. The topological polar surface area (TPSA) is 93.7 Å².